The zero-order valence-corrected chi connectivity index (χ0v) is 10.3. The molecule has 1 atom stereocenters. The van der Waals surface area contributed by atoms with Crippen LogP contribution in [-0.2, 0) is 0 Å². The van der Waals surface area contributed by atoms with Crippen LogP contribution in [0.15, 0.2) is 18.2 Å². The Kier molecular flexibility index (Phi) is 3.63. The lowest BCUT2D eigenvalue weighted by Crippen LogP contribution is -2.18. The molecule has 0 aliphatic rings. The van der Waals surface area contributed by atoms with Crippen molar-refractivity contribution in [2.24, 2.45) is 5.41 Å². The van der Waals surface area contributed by atoms with Crippen molar-refractivity contribution in [1.29, 1.82) is 0 Å². The highest BCUT2D eigenvalue weighted by molar-refractivity contribution is 6.31. The number of hydrogen-bond donors (Lipinski definition) is 1. The van der Waals surface area contributed by atoms with Crippen LogP contribution >= 0.6 is 11.6 Å². The van der Waals surface area contributed by atoms with Crippen LogP contribution in [0, 0.1) is 5.41 Å². The average molecular weight is 229 g/mol. The highest BCUT2D eigenvalue weighted by atomic mass is 35.5. The van der Waals surface area contributed by atoms with Gasteiger partial charge in [0.2, 0.25) is 0 Å². The van der Waals surface area contributed by atoms with Crippen molar-refractivity contribution in [3.8, 4) is 5.75 Å². The molecular weight excluding hydrogens is 212 g/mol. The minimum absolute atomic E-state index is 0.224. The summed E-state index contributed by atoms with van der Waals surface area (Å²) in [6.07, 6.45) is -0.573. The van der Waals surface area contributed by atoms with Crippen molar-refractivity contribution in [2.75, 3.05) is 7.11 Å². The largest absolute Gasteiger partial charge is 0.497 e. The summed E-state index contributed by atoms with van der Waals surface area (Å²) in [5, 5.41) is 10.6. The minimum Gasteiger partial charge on any atom is -0.497 e. The Morgan fingerprint density at radius 1 is 1.33 bits per heavy atom. The van der Waals surface area contributed by atoms with Gasteiger partial charge in [-0.3, -0.25) is 0 Å². The summed E-state index contributed by atoms with van der Waals surface area (Å²) in [5.41, 5.74) is 0.517. The van der Waals surface area contributed by atoms with Crippen LogP contribution < -0.4 is 4.74 Å². The zero-order valence-electron chi connectivity index (χ0n) is 9.54. The predicted molar refractivity (Wildman–Crippen MR) is 62.4 cm³/mol. The maximum Gasteiger partial charge on any atom is 0.120 e. The number of hydrogen-bond acceptors (Lipinski definition) is 2. The average Bonchev–Trinajstić information content (AvgIpc) is 2.15. The molecule has 1 rings (SSSR count). The van der Waals surface area contributed by atoms with Gasteiger partial charge < -0.3 is 9.84 Å². The molecule has 1 N–H and O–H groups in total. The van der Waals surface area contributed by atoms with E-state index in [4.69, 9.17) is 16.3 Å². The van der Waals surface area contributed by atoms with Crippen LogP contribution in [0.2, 0.25) is 5.02 Å². The number of benzene rings is 1. The van der Waals surface area contributed by atoms with Crippen LogP contribution in [0.5, 0.6) is 5.75 Å². The summed E-state index contributed by atoms with van der Waals surface area (Å²) >= 11 is 6.07. The summed E-state index contributed by atoms with van der Waals surface area (Å²) in [7, 11) is 1.59. The molecule has 84 valence electrons. The van der Waals surface area contributed by atoms with Crippen LogP contribution in [-0.4, -0.2) is 12.2 Å². The molecule has 0 fully saturated rings. The molecule has 0 aliphatic carbocycles. The van der Waals surface area contributed by atoms with Crippen molar-refractivity contribution in [3.63, 3.8) is 0 Å². The summed E-state index contributed by atoms with van der Waals surface area (Å²) in [6.45, 7) is 5.91. The first-order chi connectivity index (χ1) is 6.86. The smallest absolute Gasteiger partial charge is 0.120 e. The summed E-state index contributed by atoms with van der Waals surface area (Å²) < 4.78 is 5.05. The van der Waals surface area contributed by atoms with Gasteiger partial charge in [0.1, 0.15) is 5.75 Å². The molecule has 1 aromatic carbocycles. The molecule has 3 heteroatoms. The summed E-state index contributed by atoms with van der Waals surface area (Å²) in [4.78, 5) is 0. The molecule has 0 saturated heterocycles. The Labute approximate surface area is 95.8 Å². The molecule has 0 radical (unpaired) electrons. The van der Waals surface area contributed by atoms with Gasteiger partial charge in [-0.15, -0.1) is 0 Å². The fourth-order valence-electron chi connectivity index (χ4n) is 1.32. The molecule has 1 unspecified atom stereocenters. The molecule has 0 heterocycles. The summed E-state index contributed by atoms with van der Waals surface area (Å²) in [6, 6.07) is 5.32. The SMILES string of the molecule is COc1ccc(C(O)C(C)(C)C)c(Cl)c1. The zero-order chi connectivity index (χ0) is 11.6. The number of halogens is 1. The number of aliphatic hydroxyl groups is 1. The van der Waals surface area contributed by atoms with Crippen molar-refractivity contribution in [2.45, 2.75) is 26.9 Å². The second kappa shape index (κ2) is 4.42. The first kappa shape index (κ1) is 12.3. The lowest BCUT2D eigenvalue weighted by Gasteiger charge is -2.27. The summed E-state index contributed by atoms with van der Waals surface area (Å²) in [5.74, 6) is 0.699. The van der Waals surface area contributed by atoms with Gasteiger partial charge in [0, 0.05) is 0 Å². The fraction of sp³-hybridized carbons (Fsp3) is 0.500. The minimum atomic E-state index is -0.573. The molecule has 1 aromatic rings. The van der Waals surface area contributed by atoms with Crippen LogP contribution in [0.3, 0.4) is 0 Å². The van der Waals surface area contributed by atoms with Crippen molar-refractivity contribution < 1.29 is 9.84 Å². The Balaban J connectivity index is 3.06. The number of aliphatic hydroxyl groups excluding tert-OH is 1. The standard InChI is InChI=1S/C12H17ClO2/c1-12(2,3)11(14)9-6-5-8(15-4)7-10(9)13/h5-7,11,14H,1-4H3. The van der Waals surface area contributed by atoms with Gasteiger partial charge in [0.15, 0.2) is 0 Å². The van der Waals surface area contributed by atoms with E-state index in [1.165, 1.54) is 0 Å². The van der Waals surface area contributed by atoms with Gasteiger partial charge in [0.25, 0.3) is 0 Å². The predicted octanol–water partition coefficient (Wildman–Crippen LogP) is 3.43. The van der Waals surface area contributed by atoms with Crippen molar-refractivity contribution in [1.82, 2.24) is 0 Å². The molecule has 0 amide bonds. The monoisotopic (exact) mass is 228 g/mol. The molecule has 0 saturated carbocycles. The highest BCUT2D eigenvalue weighted by Gasteiger charge is 2.25. The number of methoxy groups -OCH3 is 1. The highest BCUT2D eigenvalue weighted by Crippen LogP contribution is 2.37. The molecule has 0 aromatic heterocycles. The number of ether oxygens (including phenoxy) is 1. The van der Waals surface area contributed by atoms with E-state index in [0.29, 0.717) is 10.8 Å². The Hall–Kier alpha value is -0.730. The molecule has 0 bridgehead atoms. The molecule has 2 nitrogen and oxygen atoms in total. The maximum atomic E-state index is 10.1. The van der Waals surface area contributed by atoms with E-state index >= 15 is 0 Å². The first-order valence-electron chi connectivity index (χ1n) is 4.87. The van der Waals surface area contributed by atoms with E-state index in [1.54, 1.807) is 25.3 Å². The van der Waals surface area contributed by atoms with E-state index in [2.05, 4.69) is 0 Å². The van der Waals surface area contributed by atoms with Gasteiger partial charge in [-0.2, -0.15) is 0 Å². The number of rotatable bonds is 2. The van der Waals surface area contributed by atoms with Crippen molar-refractivity contribution >= 4 is 11.6 Å². The van der Waals surface area contributed by atoms with Crippen molar-refractivity contribution in [3.05, 3.63) is 28.8 Å². The quantitative estimate of drug-likeness (QED) is 0.841. The molecule has 0 spiro atoms. The van der Waals surface area contributed by atoms with Gasteiger partial charge in [0.05, 0.1) is 18.2 Å². The third-order valence-corrected chi connectivity index (χ3v) is 2.65. The maximum absolute atomic E-state index is 10.1. The van der Waals surface area contributed by atoms with Crippen LogP contribution in [0.25, 0.3) is 0 Å². The third-order valence-electron chi connectivity index (χ3n) is 2.32. The van der Waals surface area contributed by atoms with E-state index in [-0.39, 0.29) is 5.41 Å². The molecule has 0 aliphatic heterocycles. The molecule has 15 heavy (non-hydrogen) atoms. The van der Waals surface area contributed by atoms with E-state index in [1.807, 2.05) is 20.8 Å². The van der Waals surface area contributed by atoms with Gasteiger partial charge >= 0.3 is 0 Å². The van der Waals surface area contributed by atoms with Crippen LogP contribution in [0.1, 0.15) is 32.4 Å². The van der Waals surface area contributed by atoms with Gasteiger partial charge in [-0.05, 0) is 23.1 Å². The van der Waals surface area contributed by atoms with E-state index in [9.17, 15) is 5.11 Å². The van der Waals surface area contributed by atoms with Crippen LogP contribution in [0.4, 0.5) is 0 Å². The normalized spacial score (nSPS) is 13.7. The third kappa shape index (κ3) is 2.86. The first-order valence-corrected chi connectivity index (χ1v) is 5.25. The Bertz CT molecular complexity index is 342. The Morgan fingerprint density at radius 2 is 1.93 bits per heavy atom. The second-order valence-corrected chi connectivity index (χ2v) is 5.06. The lowest BCUT2D eigenvalue weighted by atomic mass is 9.85. The Morgan fingerprint density at radius 3 is 2.33 bits per heavy atom. The molecular formula is C12H17ClO2. The fourth-order valence-corrected chi connectivity index (χ4v) is 1.60. The topological polar surface area (TPSA) is 29.5 Å². The lowest BCUT2D eigenvalue weighted by molar-refractivity contribution is 0.0627. The second-order valence-electron chi connectivity index (χ2n) is 4.66. The van der Waals surface area contributed by atoms with Gasteiger partial charge in [-0.25, -0.2) is 0 Å². The van der Waals surface area contributed by atoms with Gasteiger partial charge in [-0.1, -0.05) is 38.4 Å². The van der Waals surface area contributed by atoms with E-state index < -0.39 is 6.10 Å². The van der Waals surface area contributed by atoms with E-state index in [0.717, 1.165) is 5.56 Å².